The van der Waals surface area contributed by atoms with Crippen LogP contribution in [0.3, 0.4) is 0 Å². The van der Waals surface area contributed by atoms with Crippen LogP contribution in [0.1, 0.15) is 28.1 Å². The number of carbonyl (C=O) groups excluding carboxylic acids is 1. The summed E-state index contributed by atoms with van der Waals surface area (Å²) in [5, 5.41) is 40.7. The lowest BCUT2D eigenvalue weighted by Crippen LogP contribution is -2.61. The minimum absolute atomic E-state index is 0.0927. The summed E-state index contributed by atoms with van der Waals surface area (Å²) < 4.78 is 29.1. The number of aryl methyl sites for hydroxylation is 1. The van der Waals surface area contributed by atoms with E-state index in [4.69, 9.17) is 23.7 Å². The number of aromatic nitrogens is 2. The molecule has 5 rings (SSSR count). The maximum absolute atomic E-state index is 14.3. The van der Waals surface area contributed by atoms with E-state index < -0.39 is 54.3 Å². The van der Waals surface area contributed by atoms with Crippen LogP contribution in [0.2, 0.25) is 0 Å². The van der Waals surface area contributed by atoms with Gasteiger partial charge in [0.05, 0.1) is 18.9 Å². The molecule has 4 N–H and O–H groups in total. The Labute approximate surface area is 276 Å². The van der Waals surface area contributed by atoms with Crippen LogP contribution in [0, 0.1) is 6.92 Å². The molecule has 0 amide bonds. The zero-order valence-electron chi connectivity index (χ0n) is 26.2. The largest absolute Gasteiger partial charge is 0.479 e. The Bertz CT molecular complexity index is 1620. The molecule has 3 aromatic carbocycles. The number of benzene rings is 3. The van der Waals surface area contributed by atoms with Crippen molar-refractivity contribution < 1.29 is 53.7 Å². The molecule has 1 aliphatic heterocycles. The number of esters is 1. The molecule has 13 heteroatoms. The Morgan fingerprint density at radius 3 is 1.98 bits per heavy atom. The number of aliphatic carboxylic acids is 1. The van der Waals surface area contributed by atoms with Gasteiger partial charge < -0.3 is 44.1 Å². The van der Waals surface area contributed by atoms with Gasteiger partial charge in [-0.15, -0.1) is 0 Å². The Morgan fingerprint density at radius 2 is 1.42 bits per heavy atom. The van der Waals surface area contributed by atoms with Crippen LogP contribution in [0.5, 0.6) is 6.01 Å². The van der Waals surface area contributed by atoms with E-state index in [1.807, 2.05) is 30.3 Å². The highest BCUT2D eigenvalue weighted by Crippen LogP contribution is 2.39. The third-order valence-electron chi connectivity index (χ3n) is 7.83. The zero-order chi connectivity index (χ0) is 34.3. The number of aliphatic hydroxyl groups excluding tert-OH is 3. The van der Waals surface area contributed by atoms with Gasteiger partial charge in [0.25, 0.3) is 0 Å². The molecule has 1 fully saturated rings. The summed E-state index contributed by atoms with van der Waals surface area (Å²) in [5.74, 6) is -2.83. The first kappa shape index (κ1) is 34.6. The summed E-state index contributed by atoms with van der Waals surface area (Å²) in [5.41, 5.74) is 1.11. The van der Waals surface area contributed by atoms with Crippen LogP contribution in [-0.4, -0.2) is 86.3 Å². The van der Waals surface area contributed by atoms with Gasteiger partial charge in [-0.3, -0.25) is 0 Å². The molecule has 48 heavy (non-hydrogen) atoms. The highest BCUT2D eigenvalue weighted by Gasteiger charge is 2.53. The van der Waals surface area contributed by atoms with E-state index in [-0.39, 0.29) is 12.6 Å². The van der Waals surface area contributed by atoms with Gasteiger partial charge in [-0.25, -0.2) is 14.6 Å². The summed E-state index contributed by atoms with van der Waals surface area (Å²) >= 11 is 0. The van der Waals surface area contributed by atoms with Gasteiger partial charge in [-0.2, -0.15) is 4.98 Å². The van der Waals surface area contributed by atoms with Crippen LogP contribution in [0.15, 0.2) is 97.1 Å². The summed E-state index contributed by atoms with van der Waals surface area (Å²) in [6.07, 6.45) is -11.8. The van der Waals surface area contributed by atoms with E-state index in [2.05, 4.69) is 9.97 Å². The number of hydrogen-bond donors (Lipinski definition) is 4. The SMILES string of the molecule is COC(c1ccccc1)(c1ccccc1)[C@H](Oc1nc(C)cc(COCc2ccccc2)n1)C(=O)O[C@@H]1O[C@H](C(=O)O)[C@@H](O)[C@H](O)[C@H]1O. The Kier molecular flexibility index (Phi) is 11.1. The number of ether oxygens (including phenoxy) is 5. The van der Waals surface area contributed by atoms with Crippen LogP contribution < -0.4 is 4.74 Å². The lowest BCUT2D eigenvalue weighted by Gasteiger charge is -2.41. The highest BCUT2D eigenvalue weighted by atomic mass is 16.7. The third-order valence-corrected chi connectivity index (χ3v) is 7.83. The van der Waals surface area contributed by atoms with Gasteiger partial charge in [-0.05, 0) is 29.7 Å². The number of methoxy groups -OCH3 is 1. The molecule has 0 aliphatic carbocycles. The van der Waals surface area contributed by atoms with E-state index in [0.717, 1.165) is 5.56 Å². The Hall–Kier alpha value is -4.76. The predicted molar refractivity (Wildman–Crippen MR) is 167 cm³/mol. The number of aliphatic hydroxyl groups is 3. The van der Waals surface area contributed by atoms with Crippen molar-refractivity contribution in [1.29, 1.82) is 0 Å². The standard InChI is InChI=1S/C35H36N2O11/c1-21-18-25(20-45-19-22-12-6-3-7-13-22)37-34(36-21)47-30(32(43)48-33-28(40)26(38)27(39)29(46-33)31(41)42)35(44-2,23-14-8-4-9-15-23)24-16-10-5-11-17-24/h3-18,26-30,33,38-40H,19-20H2,1-2H3,(H,41,42)/t26-,27-,28+,29-,30+,33-/m0/s1. The molecule has 13 nitrogen and oxygen atoms in total. The number of hydrogen-bond acceptors (Lipinski definition) is 12. The molecule has 0 saturated carbocycles. The molecule has 4 aromatic rings. The van der Waals surface area contributed by atoms with Crippen molar-refractivity contribution in [2.45, 2.75) is 62.5 Å². The van der Waals surface area contributed by atoms with E-state index in [9.17, 15) is 30.0 Å². The maximum atomic E-state index is 14.3. The summed E-state index contributed by atoms with van der Waals surface area (Å²) in [6, 6.07) is 28.4. The lowest BCUT2D eigenvalue weighted by atomic mass is 9.81. The van der Waals surface area contributed by atoms with Crippen molar-refractivity contribution in [2.24, 2.45) is 0 Å². The fourth-order valence-corrected chi connectivity index (χ4v) is 5.49. The fraction of sp³-hybridized carbons (Fsp3) is 0.314. The molecule has 1 saturated heterocycles. The molecule has 0 bridgehead atoms. The van der Waals surface area contributed by atoms with Crippen LogP contribution in [0.4, 0.5) is 0 Å². The van der Waals surface area contributed by atoms with Gasteiger partial charge in [0.2, 0.25) is 12.4 Å². The Balaban J connectivity index is 1.54. The number of carbonyl (C=O) groups is 2. The molecule has 0 unspecified atom stereocenters. The minimum Gasteiger partial charge on any atom is -0.479 e. The first-order chi connectivity index (χ1) is 23.1. The van der Waals surface area contributed by atoms with E-state index >= 15 is 0 Å². The average Bonchev–Trinajstić information content (AvgIpc) is 3.09. The van der Waals surface area contributed by atoms with Gasteiger partial charge >= 0.3 is 17.9 Å². The number of nitrogens with zero attached hydrogens (tertiary/aromatic N) is 2. The molecule has 0 radical (unpaired) electrons. The first-order valence-corrected chi connectivity index (χ1v) is 15.1. The second-order valence-electron chi connectivity index (χ2n) is 11.1. The topological polar surface area (TPSA) is 187 Å². The molecule has 0 spiro atoms. The lowest BCUT2D eigenvalue weighted by molar-refractivity contribution is -0.289. The van der Waals surface area contributed by atoms with Crippen molar-refractivity contribution in [3.63, 3.8) is 0 Å². The average molecular weight is 661 g/mol. The third kappa shape index (κ3) is 7.52. The van der Waals surface area contributed by atoms with Crippen LogP contribution in [0.25, 0.3) is 0 Å². The second-order valence-corrected chi connectivity index (χ2v) is 11.1. The van der Waals surface area contributed by atoms with Crippen molar-refractivity contribution >= 4 is 11.9 Å². The summed E-state index contributed by atoms with van der Waals surface area (Å²) in [7, 11) is 1.37. The van der Waals surface area contributed by atoms with Gasteiger partial charge in [0.1, 0.15) is 18.3 Å². The van der Waals surface area contributed by atoms with Crippen molar-refractivity contribution in [3.05, 3.63) is 125 Å². The quantitative estimate of drug-likeness (QED) is 0.153. The number of carboxylic acids is 1. The number of rotatable bonds is 13. The molecular weight excluding hydrogens is 624 g/mol. The summed E-state index contributed by atoms with van der Waals surface area (Å²) in [6.45, 7) is 2.13. The smallest absolute Gasteiger partial charge is 0.353 e. The minimum atomic E-state index is -2.01. The van der Waals surface area contributed by atoms with Gasteiger partial charge in [-0.1, -0.05) is 91.0 Å². The van der Waals surface area contributed by atoms with Crippen molar-refractivity contribution in [1.82, 2.24) is 9.97 Å². The molecule has 1 aliphatic rings. The number of carboxylic acid groups (broad SMARTS) is 1. The molecule has 252 valence electrons. The van der Waals surface area contributed by atoms with Crippen LogP contribution in [-0.2, 0) is 47.4 Å². The van der Waals surface area contributed by atoms with Crippen molar-refractivity contribution in [2.75, 3.05) is 7.11 Å². The monoisotopic (exact) mass is 660 g/mol. The van der Waals surface area contributed by atoms with E-state index in [0.29, 0.717) is 29.1 Å². The van der Waals surface area contributed by atoms with Crippen LogP contribution >= 0.6 is 0 Å². The maximum Gasteiger partial charge on any atom is 0.353 e. The van der Waals surface area contributed by atoms with E-state index in [1.165, 1.54) is 7.11 Å². The van der Waals surface area contributed by atoms with Gasteiger partial charge in [0.15, 0.2) is 11.7 Å². The first-order valence-electron chi connectivity index (χ1n) is 15.1. The van der Waals surface area contributed by atoms with Crippen molar-refractivity contribution in [3.8, 4) is 6.01 Å². The molecular formula is C35H36N2O11. The predicted octanol–water partition coefficient (Wildman–Crippen LogP) is 2.27. The molecule has 2 heterocycles. The van der Waals surface area contributed by atoms with Gasteiger partial charge in [0, 0.05) is 12.8 Å². The normalized spacial score (nSPS) is 21.6. The van der Waals surface area contributed by atoms with E-state index in [1.54, 1.807) is 73.7 Å². The highest BCUT2D eigenvalue weighted by molar-refractivity contribution is 5.79. The molecule has 6 atom stereocenters. The Morgan fingerprint density at radius 1 is 0.833 bits per heavy atom. The fourth-order valence-electron chi connectivity index (χ4n) is 5.49. The molecule has 1 aromatic heterocycles. The second kappa shape index (κ2) is 15.4. The zero-order valence-corrected chi connectivity index (χ0v) is 26.2. The summed E-state index contributed by atoms with van der Waals surface area (Å²) in [4.78, 5) is 34.9.